The third kappa shape index (κ3) is 2.79. The second-order valence-corrected chi connectivity index (χ2v) is 4.63. The van der Waals surface area contributed by atoms with Crippen molar-refractivity contribution in [2.45, 2.75) is 20.8 Å². The van der Waals surface area contributed by atoms with Gasteiger partial charge >= 0.3 is 0 Å². The van der Waals surface area contributed by atoms with Crippen molar-refractivity contribution >= 4 is 23.1 Å². The number of benzene rings is 1. The summed E-state index contributed by atoms with van der Waals surface area (Å²) in [5.41, 5.74) is 1.79. The number of carbonyl (C=O) groups excluding carboxylic acids is 1. The molecule has 0 atom stereocenters. The Morgan fingerprint density at radius 2 is 1.95 bits per heavy atom. The molecule has 0 fully saturated rings. The fourth-order valence-corrected chi connectivity index (χ4v) is 2.06. The van der Waals surface area contributed by atoms with Gasteiger partial charge in [0, 0.05) is 19.2 Å². The standard InChI is InChI=1S/C15H14FN3O2/c1-9-10(2)14(5-4-13(9)16)19(11(3)20)15-8-12(18-21)6-7-17-15/h4-8H,1-3H3. The SMILES string of the molecule is CC(=O)N(c1cc(N=O)ccn1)c1ccc(F)c(C)c1C. The summed E-state index contributed by atoms with van der Waals surface area (Å²) in [7, 11) is 0. The van der Waals surface area contributed by atoms with E-state index in [0.717, 1.165) is 0 Å². The van der Waals surface area contributed by atoms with Gasteiger partial charge in [-0.1, -0.05) is 0 Å². The lowest BCUT2D eigenvalue weighted by molar-refractivity contribution is -0.115. The molecular weight excluding hydrogens is 273 g/mol. The van der Waals surface area contributed by atoms with Crippen molar-refractivity contribution < 1.29 is 9.18 Å². The highest BCUT2D eigenvalue weighted by Gasteiger charge is 2.19. The Morgan fingerprint density at radius 1 is 1.24 bits per heavy atom. The smallest absolute Gasteiger partial charge is 0.229 e. The summed E-state index contributed by atoms with van der Waals surface area (Å²) in [5, 5.41) is 2.83. The van der Waals surface area contributed by atoms with Gasteiger partial charge in [-0.3, -0.25) is 9.69 Å². The van der Waals surface area contributed by atoms with Crippen LogP contribution in [-0.2, 0) is 4.79 Å². The second-order valence-electron chi connectivity index (χ2n) is 4.63. The minimum Gasteiger partial charge on any atom is -0.274 e. The molecule has 0 unspecified atom stereocenters. The van der Waals surface area contributed by atoms with Crippen LogP contribution in [-0.4, -0.2) is 10.9 Å². The monoisotopic (exact) mass is 287 g/mol. The van der Waals surface area contributed by atoms with Crippen molar-refractivity contribution in [3.8, 4) is 0 Å². The molecule has 0 radical (unpaired) electrons. The predicted octanol–water partition coefficient (Wildman–Crippen LogP) is 3.92. The number of anilines is 2. The van der Waals surface area contributed by atoms with Gasteiger partial charge in [0.2, 0.25) is 5.91 Å². The maximum absolute atomic E-state index is 13.6. The Bertz CT molecular complexity index is 716. The van der Waals surface area contributed by atoms with Crippen LogP contribution < -0.4 is 4.90 Å². The number of nitrogens with zero attached hydrogens (tertiary/aromatic N) is 3. The third-order valence-electron chi connectivity index (χ3n) is 3.31. The molecule has 2 aromatic rings. The zero-order valence-corrected chi connectivity index (χ0v) is 11.9. The van der Waals surface area contributed by atoms with Crippen LogP contribution in [0, 0.1) is 24.6 Å². The quantitative estimate of drug-likeness (QED) is 0.804. The Morgan fingerprint density at radius 3 is 2.57 bits per heavy atom. The first-order chi connectivity index (χ1) is 9.95. The number of rotatable bonds is 3. The van der Waals surface area contributed by atoms with Gasteiger partial charge in [0.25, 0.3) is 0 Å². The van der Waals surface area contributed by atoms with Crippen molar-refractivity contribution in [1.82, 2.24) is 4.98 Å². The minimum absolute atomic E-state index is 0.169. The number of amides is 1. The van der Waals surface area contributed by atoms with Crippen LogP contribution >= 0.6 is 0 Å². The first-order valence-electron chi connectivity index (χ1n) is 6.31. The van der Waals surface area contributed by atoms with Gasteiger partial charge in [-0.15, -0.1) is 4.91 Å². The Labute approximate surface area is 121 Å². The van der Waals surface area contributed by atoms with Gasteiger partial charge in [0.05, 0.1) is 5.69 Å². The maximum atomic E-state index is 13.6. The molecule has 0 N–H and O–H groups in total. The number of aromatic nitrogens is 1. The average Bonchev–Trinajstić information content (AvgIpc) is 2.47. The van der Waals surface area contributed by atoms with Gasteiger partial charge < -0.3 is 0 Å². The molecule has 2 rings (SSSR count). The number of carbonyl (C=O) groups is 1. The summed E-state index contributed by atoms with van der Waals surface area (Å²) in [4.78, 5) is 28.0. The number of pyridine rings is 1. The molecule has 1 aromatic heterocycles. The van der Waals surface area contributed by atoms with Gasteiger partial charge in [-0.05, 0) is 48.4 Å². The normalized spacial score (nSPS) is 10.3. The van der Waals surface area contributed by atoms with E-state index >= 15 is 0 Å². The van der Waals surface area contributed by atoms with Crippen LogP contribution in [0.3, 0.4) is 0 Å². The van der Waals surface area contributed by atoms with Crippen LogP contribution in [0.4, 0.5) is 21.6 Å². The van der Waals surface area contributed by atoms with Crippen LogP contribution in [0.15, 0.2) is 35.6 Å². The fourth-order valence-electron chi connectivity index (χ4n) is 2.06. The summed E-state index contributed by atoms with van der Waals surface area (Å²) < 4.78 is 13.6. The topological polar surface area (TPSA) is 62.6 Å². The number of hydrogen-bond donors (Lipinski definition) is 0. The van der Waals surface area contributed by atoms with E-state index < -0.39 is 0 Å². The van der Waals surface area contributed by atoms with Crippen LogP contribution in [0.1, 0.15) is 18.1 Å². The summed E-state index contributed by atoms with van der Waals surface area (Å²) in [5.74, 6) is -0.357. The highest BCUT2D eigenvalue weighted by molar-refractivity contribution is 5.99. The molecule has 1 amide bonds. The molecule has 0 spiro atoms. The fraction of sp³-hybridized carbons (Fsp3) is 0.200. The van der Waals surface area contributed by atoms with E-state index in [1.807, 2.05) is 0 Å². The highest BCUT2D eigenvalue weighted by atomic mass is 19.1. The van der Waals surface area contributed by atoms with E-state index in [9.17, 15) is 14.1 Å². The van der Waals surface area contributed by atoms with Crippen molar-refractivity contribution in [1.29, 1.82) is 0 Å². The molecule has 6 heteroatoms. The largest absolute Gasteiger partial charge is 0.274 e. The maximum Gasteiger partial charge on any atom is 0.229 e. The second kappa shape index (κ2) is 5.78. The first-order valence-corrected chi connectivity index (χ1v) is 6.31. The zero-order valence-electron chi connectivity index (χ0n) is 11.9. The summed E-state index contributed by atoms with van der Waals surface area (Å²) in [6.45, 7) is 4.75. The molecule has 0 saturated carbocycles. The highest BCUT2D eigenvalue weighted by Crippen LogP contribution is 2.31. The zero-order chi connectivity index (χ0) is 15.6. The van der Waals surface area contributed by atoms with Gasteiger partial charge in [0.15, 0.2) is 0 Å². The van der Waals surface area contributed by atoms with Gasteiger partial charge in [0.1, 0.15) is 17.3 Å². The van der Waals surface area contributed by atoms with E-state index in [4.69, 9.17) is 0 Å². The summed E-state index contributed by atoms with van der Waals surface area (Å²) in [6.07, 6.45) is 1.40. The van der Waals surface area contributed by atoms with E-state index in [1.165, 1.54) is 42.3 Å². The molecule has 108 valence electrons. The molecule has 5 nitrogen and oxygen atoms in total. The summed E-state index contributed by atoms with van der Waals surface area (Å²) in [6, 6.07) is 5.67. The van der Waals surface area contributed by atoms with Crippen molar-refractivity contribution in [3.63, 3.8) is 0 Å². The van der Waals surface area contributed by atoms with E-state index in [1.54, 1.807) is 13.8 Å². The van der Waals surface area contributed by atoms with E-state index in [0.29, 0.717) is 16.8 Å². The van der Waals surface area contributed by atoms with Crippen LogP contribution in [0.2, 0.25) is 0 Å². The van der Waals surface area contributed by atoms with Gasteiger partial charge in [-0.2, -0.15) is 0 Å². The lowest BCUT2D eigenvalue weighted by atomic mass is 10.1. The third-order valence-corrected chi connectivity index (χ3v) is 3.31. The Kier molecular flexibility index (Phi) is 4.07. The molecule has 0 aliphatic carbocycles. The lowest BCUT2D eigenvalue weighted by Gasteiger charge is -2.23. The number of halogens is 1. The number of hydrogen-bond acceptors (Lipinski definition) is 4. The first kappa shape index (κ1) is 14.8. The molecule has 0 aliphatic rings. The summed E-state index contributed by atoms with van der Waals surface area (Å²) >= 11 is 0. The predicted molar refractivity (Wildman–Crippen MR) is 78.4 cm³/mol. The van der Waals surface area contributed by atoms with Crippen LogP contribution in [0.5, 0.6) is 0 Å². The van der Waals surface area contributed by atoms with E-state index in [-0.39, 0.29) is 23.2 Å². The van der Waals surface area contributed by atoms with Crippen molar-refractivity contribution in [2.75, 3.05) is 4.90 Å². The number of nitroso groups, excluding NO2 is 1. The molecule has 0 aliphatic heterocycles. The molecule has 21 heavy (non-hydrogen) atoms. The molecule has 1 heterocycles. The Hall–Kier alpha value is -2.63. The van der Waals surface area contributed by atoms with E-state index in [2.05, 4.69) is 10.2 Å². The molecule has 0 saturated heterocycles. The molecule has 0 bridgehead atoms. The molecule has 1 aromatic carbocycles. The average molecular weight is 287 g/mol. The lowest BCUT2D eigenvalue weighted by Crippen LogP contribution is -2.24. The van der Waals surface area contributed by atoms with Crippen molar-refractivity contribution in [3.05, 3.63) is 52.3 Å². The minimum atomic E-state index is -0.337. The van der Waals surface area contributed by atoms with Crippen LogP contribution in [0.25, 0.3) is 0 Å². The van der Waals surface area contributed by atoms with Gasteiger partial charge in [-0.25, -0.2) is 9.37 Å². The molecular formula is C15H14FN3O2. The van der Waals surface area contributed by atoms with Crippen molar-refractivity contribution in [2.24, 2.45) is 5.18 Å². The Balaban J connectivity index is 2.62.